The molecule has 0 aliphatic carbocycles. The van der Waals surface area contributed by atoms with E-state index in [0.717, 1.165) is 44.6 Å². The molecule has 0 unspecified atom stereocenters. The minimum absolute atomic E-state index is 0.0494. The zero-order chi connectivity index (χ0) is 66.5. The van der Waals surface area contributed by atoms with Crippen molar-refractivity contribution in [1.82, 2.24) is 15.6 Å². The predicted molar refractivity (Wildman–Crippen MR) is 279 cm³/mol. The Bertz CT molecular complexity index is 3100. The van der Waals surface area contributed by atoms with Crippen molar-refractivity contribution in [1.29, 1.82) is 0 Å². The number of anilines is 3. The summed E-state index contributed by atoms with van der Waals surface area (Å²) in [5.41, 5.74) is 9.63. The van der Waals surface area contributed by atoms with Crippen LogP contribution in [0.15, 0.2) is 77.2 Å². The van der Waals surface area contributed by atoms with Gasteiger partial charge in [-0.2, -0.15) is 52.7 Å². The molecule has 4 aromatic carbocycles. The van der Waals surface area contributed by atoms with E-state index in [1.54, 1.807) is 26.2 Å². The summed E-state index contributed by atoms with van der Waals surface area (Å²) in [7, 11) is 9.32. The van der Waals surface area contributed by atoms with Gasteiger partial charge in [0.2, 0.25) is 15.1 Å². The number of halogens is 14. The van der Waals surface area contributed by atoms with Crippen LogP contribution in [-0.4, -0.2) is 90.0 Å². The molecule has 1 amide bonds. The zero-order valence-electron chi connectivity index (χ0n) is 43.1. The molecule has 0 radical (unpaired) electrons. The molecule has 1 aromatic heterocycles. The van der Waals surface area contributed by atoms with E-state index in [0.29, 0.717) is 30.3 Å². The molecule has 0 saturated heterocycles. The topological polar surface area (TPSA) is 400 Å². The van der Waals surface area contributed by atoms with Crippen LogP contribution in [-0.2, 0) is 38.7 Å². The molecule has 0 aliphatic rings. The van der Waals surface area contributed by atoms with Crippen LogP contribution in [0.5, 0.6) is 0 Å². The Morgan fingerprint density at radius 3 is 1.38 bits per heavy atom. The molecule has 0 spiro atoms. The lowest BCUT2D eigenvalue weighted by atomic mass is 10.1. The third-order valence-electron chi connectivity index (χ3n) is 7.55. The summed E-state index contributed by atoms with van der Waals surface area (Å²) in [5.74, 6) is 13.1. The number of hydrazine groups is 1. The number of aromatic carboxylic acids is 1. The molecule has 5 rings (SSSR count). The number of carbonyl (C=O) groups excluding carboxylic acids is 2. The zero-order valence-corrected chi connectivity index (χ0v) is 45.4. The highest BCUT2D eigenvalue weighted by atomic mass is 36.0. The second-order valence-corrected chi connectivity index (χ2v) is 16.1. The molecule has 13 N–H and O–H groups in total. The van der Waals surface area contributed by atoms with E-state index in [-0.39, 0.29) is 53.7 Å². The van der Waals surface area contributed by atoms with E-state index < -0.39 is 106 Å². The normalized spacial score (nSPS) is 9.94. The number of aromatic nitrogens is 2. The minimum Gasteiger partial charge on any atom is -0.478 e. The number of non-ortho nitro benzene ring substituents is 2. The minimum atomic E-state index is -4.82. The van der Waals surface area contributed by atoms with Gasteiger partial charge in [0.25, 0.3) is 17.3 Å². The van der Waals surface area contributed by atoms with Crippen LogP contribution in [0.1, 0.15) is 74.1 Å². The van der Waals surface area contributed by atoms with Gasteiger partial charge in [0.15, 0.2) is 0 Å². The fourth-order valence-corrected chi connectivity index (χ4v) is 4.57. The van der Waals surface area contributed by atoms with Gasteiger partial charge < -0.3 is 46.8 Å². The predicted octanol–water partition coefficient (Wildman–Crippen LogP) is 8.82. The van der Waals surface area contributed by atoms with E-state index in [4.69, 9.17) is 58.5 Å². The number of alkyl halides is 12. The number of aliphatic hydroxyl groups excluding tert-OH is 3. The van der Waals surface area contributed by atoms with Gasteiger partial charge >= 0.3 is 42.7 Å². The first-order valence-electron chi connectivity index (χ1n) is 21.0. The highest BCUT2D eigenvalue weighted by Gasteiger charge is 2.35. The molecule has 1 heterocycles. The molecular formula is C46H45Cl2F12N9O14S. The average Bonchev–Trinajstić information content (AvgIpc) is 3.88. The number of nitrogens with one attached hydrogen (secondary N) is 1. The number of nitrogens with two attached hydrogens (primary N) is 4. The van der Waals surface area contributed by atoms with Crippen LogP contribution in [0.2, 0.25) is 0 Å². The van der Waals surface area contributed by atoms with Gasteiger partial charge in [-0.25, -0.2) is 19.6 Å². The number of amides is 1. The smallest absolute Gasteiger partial charge is 0.416 e. The number of ether oxygens (including phenoxy) is 1. The number of carboxylic acids is 1. The van der Waals surface area contributed by atoms with Crippen LogP contribution in [0, 0.1) is 56.3 Å². The van der Waals surface area contributed by atoms with Crippen LogP contribution in [0.25, 0.3) is 11.5 Å². The molecule has 5 aromatic rings. The molecule has 0 fully saturated rings. The van der Waals surface area contributed by atoms with Crippen LogP contribution >= 0.6 is 21.4 Å². The van der Waals surface area contributed by atoms with Crippen LogP contribution in [0.3, 0.4) is 0 Å². The van der Waals surface area contributed by atoms with Crippen molar-refractivity contribution >= 4 is 77.2 Å². The number of nitrogen functional groups attached to an aromatic ring is 4. The van der Waals surface area contributed by atoms with E-state index >= 15 is 0 Å². The summed E-state index contributed by atoms with van der Waals surface area (Å²) < 4.78 is 167. The number of rotatable bonds is 6. The fourth-order valence-electron chi connectivity index (χ4n) is 4.57. The first-order valence-corrected chi connectivity index (χ1v) is 23.8. The first-order chi connectivity index (χ1) is 38.6. The summed E-state index contributed by atoms with van der Waals surface area (Å²) >= 11 is 0. The van der Waals surface area contributed by atoms with Gasteiger partial charge in [-0.15, -0.1) is 11.5 Å². The molecule has 38 heteroatoms. The number of terminal acetylenes is 1. The number of nitro groups is 2. The lowest BCUT2D eigenvalue weighted by Gasteiger charge is -2.09. The number of methoxy groups -OCH3 is 1. The first kappa shape index (κ1) is 81.5. The van der Waals surface area contributed by atoms with Gasteiger partial charge in [0.1, 0.15) is 0 Å². The Morgan fingerprint density at radius 1 is 0.679 bits per heavy atom. The summed E-state index contributed by atoms with van der Waals surface area (Å²) in [6.07, 6.45) is -13.8. The summed E-state index contributed by atoms with van der Waals surface area (Å²) in [5, 5.41) is 58.2. The van der Waals surface area contributed by atoms with Gasteiger partial charge in [-0.05, 0) is 93.0 Å². The maximum Gasteiger partial charge on any atom is 0.416 e. The molecule has 462 valence electrons. The highest BCUT2D eigenvalue weighted by Crippen LogP contribution is 2.36. The number of hydrogen-bond donors (Lipinski definition) is 9. The maximum absolute atomic E-state index is 12.5. The number of hydrogen-bond acceptors (Lipinski definition) is 19. The number of carboxylic acid groups (broad SMARTS) is 1. The molecule has 0 aliphatic heterocycles. The number of aliphatic hydroxyl groups is 3. The summed E-state index contributed by atoms with van der Waals surface area (Å²) in [4.78, 5) is 51.1. The molecular weight excluding hydrogens is 1230 g/mol. The number of nitrogens with zero attached hydrogens (tertiary/aromatic N) is 4. The standard InChI is InChI=1S/C9H7F3N4O.C9H6F3NO4.C8H8F3N3O.C8H4F3NO4.C7H4.2C2H6O.CH4O.Cl2OS/c10-9(11,12)5-1-4(2-6(13)3-5)7-15-16-8(14)17-7;1-17-8(14)5-2-6(9(10,11)12)4-7(3-5)13(15)16;9-8(10,11)5-1-4(7(15)14-13)2-6(12)3-5;9-8(10,11)5-1-4(7(13)14)2-6(3-5)12(15)16;1-3-5-7-6-4-2;2*1-2-3;1-2;1-4(2)3/h1-3H,13H2,(H2,14,16);2-4H,1H3;1-3H,12-13H2,(H,14,15);1-3H,(H,13,14);1H,2H3;2*3H,2H2,1H3;2H,1H3;. The monoisotopic (exact) mass is 1280 g/mol. The Kier molecular flexibility index (Phi) is 39.1. The molecule has 0 bridgehead atoms. The lowest BCUT2D eigenvalue weighted by molar-refractivity contribution is -0.385. The lowest BCUT2D eigenvalue weighted by Crippen LogP contribution is -2.30. The van der Waals surface area contributed by atoms with Crippen molar-refractivity contribution in [3.63, 3.8) is 0 Å². The molecule has 23 nitrogen and oxygen atoms in total. The van der Waals surface area contributed by atoms with Crippen molar-refractivity contribution in [3.8, 4) is 47.5 Å². The van der Waals surface area contributed by atoms with Gasteiger partial charge in [-0.1, -0.05) is 11.0 Å². The Balaban J connectivity index is -0.000000461. The Morgan fingerprint density at radius 2 is 1.05 bits per heavy atom. The fraction of sp³-hybridized carbons (Fsp3) is 0.239. The van der Waals surface area contributed by atoms with Crippen molar-refractivity contribution in [2.45, 2.75) is 45.5 Å². The van der Waals surface area contributed by atoms with Crippen molar-refractivity contribution < 1.29 is 111 Å². The molecule has 0 atom stereocenters. The average molecular weight is 1280 g/mol. The third kappa shape index (κ3) is 35.0. The van der Waals surface area contributed by atoms with Crippen molar-refractivity contribution in [3.05, 3.63) is 132 Å². The van der Waals surface area contributed by atoms with Gasteiger partial charge in [0, 0.05) is 88.5 Å². The number of carbonyl (C=O) groups is 3. The quantitative estimate of drug-likeness (QED) is 0.00882. The number of nitro benzene ring substituents is 2. The second-order valence-electron chi connectivity index (χ2n) is 13.5. The Hall–Kier alpha value is -8.96. The maximum atomic E-state index is 12.5. The van der Waals surface area contributed by atoms with E-state index in [1.807, 2.05) is 0 Å². The van der Waals surface area contributed by atoms with Gasteiger partial charge in [0.05, 0.1) is 50.3 Å². The van der Waals surface area contributed by atoms with Crippen LogP contribution in [0.4, 0.5) is 81.4 Å². The number of esters is 1. The van der Waals surface area contributed by atoms with Crippen molar-refractivity contribution in [2.75, 3.05) is 44.6 Å². The van der Waals surface area contributed by atoms with E-state index in [1.165, 1.54) is 6.07 Å². The third-order valence-corrected chi connectivity index (χ3v) is 7.55. The SMILES string of the molecule is C#CC#CC#CC.CCO.CCO.CO.COC(=O)c1cc([N+](=O)[O-])cc(C(F)(F)F)c1.NNC(=O)c1cc(N)cc(C(F)(F)F)c1.Nc1cc(-c2nnc(N)o2)cc(C(F)(F)F)c1.O=C(O)c1cc([N+](=O)[O-])cc(C(F)(F)F)c1.O=S(Cl)Cl. The Labute approximate surface area is 477 Å². The summed E-state index contributed by atoms with van der Waals surface area (Å²) in [6, 6.07) is 8.06. The molecule has 84 heavy (non-hydrogen) atoms. The summed E-state index contributed by atoms with van der Waals surface area (Å²) in [6.45, 7) is 5.57. The van der Waals surface area contributed by atoms with E-state index in [9.17, 15) is 87.3 Å². The molecule has 0 saturated carbocycles. The highest BCUT2D eigenvalue weighted by molar-refractivity contribution is 8.26. The largest absolute Gasteiger partial charge is 0.478 e. The van der Waals surface area contributed by atoms with Crippen molar-refractivity contribution in [2.24, 2.45) is 5.84 Å². The van der Waals surface area contributed by atoms with Gasteiger partial charge in [-0.3, -0.25) is 30.4 Å². The van der Waals surface area contributed by atoms with E-state index in [2.05, 4.69) is 65.9 Å². The van der Waals surface area contributed by atoms with Crippen LogP contribution < -0.4 is 28.5 Å². The number of benzene rings is 4. The second kappa shape index (κ2) is 40.3.